The molecular weight excluding hydrogens is 1370 g/mol. The van der Waals surface area contributed by atoms with Gasteiger partial charge in [0.2, 0.25) is 53.4 Å². The predicted octanol–water partition coefficient (Wildman–Crippen LogP) is 0.106. The third-order valence-electron chi connectivity index (χ3n) is 17.8. The minimum Gasteiger partial charge on any atom is -0.508 e. The number of phenolic OH excluding ortho intramolecular Hbond substituents is 3. The van der Waals surface area contributed by atoms with Gasteiger partial charge in [0.25, 0.3) is 0 Å². The summed E-state index contributed by atoms with van der Waals surface area (Å²) in [6.45, 7) is 5.66. The Bertz CT molecular complexity index is 4070. The molecule has 7 amide bonds. The van der Waals surface area contributed by atoms with Crippen LogP contribution in [0.5, 0.6) is 46.0 Å². The van der Waals surface area contributed by atoms with Gasteiger partial charge in [-0.2, -0.15) is 0 Å². The third-order valence-corrected chi connectivity index (χ3v) is 18.4. The van der Waals surface area contributed by atoms with Crippen molar-refractivity contribution in [1.82, 2.24) is 37.2 Å². The summed E-state index contributed by atoms with van der Waals surface area (Å²) >= 11 is 14.1. The fourth-order valence-electron chi connectivity index (χ4n) is 12.5. The molecule has 7 aliphatic heterocycles. The van der Waals surface area contributed by atoms with E-state index in [9.17, 15) is 75.0 Å². The van der Waals surface area contributed by atoms with Gasteiger partial charge in [-0.3, -0.25) is 33.6 Å². The number of aliphatic hydroxyl groups excluding tert-OH is 6. The lowest BCUT2D eigenvalue weighted by molar-refractivity contribution is -0.333. The van der Waals surface area contributed by atoms with Crippen LogP contribution in [0, 0.1) is 5.92 Å². The van der Waals surface area contributed by atoms with Crippen LogP contribution in [0.25, 0.3) is 11.1 Å². The van der Waals surface area contributed by atoms with E-state index in [0.717, 1.165) is 66.7 Å². The zero-order chi connectivity index (χ0) is 73.5. The molecule has 12 rings (SSSR count). The molecule has 11 bridgehead atoms. The summed E-state index contributed by atoms with van der Waals surface area (Å²) in [6.07, 6.45) is -18.6. The van der Waals surface area contributed by atoms with Gasteiger partial charge in [0.05, 0.1) is 41.3 Å². The van der Waals surface area contributed by atoms with Gasteiger partial charge in [0.15, 0.2) is 29.9 Å². The summed E-state index contributed by atoms with van der Waals surface area (Å²) in [4.78, 5) is 117. The van der Waals surface area contributed by atoms with E-state index in [1.54, 1.807) is 0 Å². The van der Waals surface area contributed by atoms with Gasteiger partial charge in [-0.15, -0.1) is 0 Å². The number of fused-ring (bicyclic) bond motifs is 15. The molecule has 0 spiro atoms. The first kappa shape index (κ1) is 74.5. The molecule has 0 aliphatic carbocycles. The lowest BCUT2D eigenvalue weighted by Crippen LogP contribution is -2.64. The summed E-state index contributed by atoms with van der Waals surface area (Å²) in [7, 11) is 1.47. The maximum Gasteiger partial charge on any atom is 0.330 e. The summed E-state index contributed by atoms with van der Waals surface area (Å²) in [5, 5.41) is 131. The first-order valence-corrected chi connectivity index (χ1v) is 32.4. The fourth-order valence-corrected chi connectivity index (χ4v) is 12.9. The second-order valence-electron chi connectivity index (χ2n) is 25.7. The third kappa shape index (κ3) is 15.8. The van der Waals surface area contributed by atoms with Crippen molar-refractivity contribution in [3.05, 3.63) is 117 Å². The van der Waals surface area contributed by atoms with Gasteiger partial charge in [-0.05, 0) is 110 Å². The van der Waals surface area contributed by atoms with Crippen molar-refractivity contribution in [1.29, 1.82) is 0 Å². The van der Waals surface area contributed by atoms with Crippen molar-refractivity contribution in [2.24, 2.45) is 17.4 Å². The Morgan fingerprint density at radius 1 is 0.713 bits per heavy atom. The molecule has 0 aromatic heterocycles. The highest BCUT2D eigenvalue weighted by Gasteiger charge is 2.51. The van der Waals surface area contributed by atoms with Gasteiger partial charge < -0.3 is 128 Å². The van der Waals surface area contributed by atoms with Crippen molar-refractivity contribution in [3.8, 4) is 57.1 Å². The number of aliphatic hydroxyl groups is 6. The lowest BCUT2D eigenvalue weighted by atomic mass is 9.86. The van der Waals surface area contributed by atoms with Gasteiger partial charge in [0.1, 0.15) is 89.5 Å². The van der Waals surface area contributed by atoms with Crippen molar-refractivity contribution in [3.63, 3.8) is 0 Å². The number of carboxylic acids is 1. The average molecular weight is 1450 g/mol. The molecule has 0 saturated carbocycles. The number of carbonyl (C=O) groups excluding carboxylic acids is 7. The highest BCUT2D eigenvalue weighted by molar-refractivity contribution is 6.32. The molecule has 5 aromatic carbocycles. The standard InChI is InChI=1S/C66H75Cl2N9O24/c1-23(2)12-34(71-5)58(88)76-49-51(83)26-7-10-38(32(67)14-26)97-40-16-28-17-41(55(40)101-65-56(54(86)53(85)42(22-78)99-65)100-44-21-66(4,70)57(87)24(3)96-44)98-39-11-8-27(15-33(39)68)52(84)50-63(93)75-48(64(94)95)31-18-29(79)19-37(81)45(31)30-13-25(6-9-36(30)80)46(60(90)77-50)74-61(91)47(28)73-59(89)35(20-43(69)82)72-62(49)92/h6-11,13-19,23-24,34-35,42,44,46-54,56-57,65,71,78-81,83-87H,12,20-22,70H2,1-5H3,(H2,69,82)(H,72,92)(H,73,89)(H,74,91)(H,75,93)(H,76,88)(H,77,90)(H,94,95)/t24?,34-,35+,42?,44?,46-,47-,48+,49-,50+,51-,52-,53+,54?,56?,57?,65?,66?/m1/s1. The fraction of sp³-hybridized carbons (Fsp3) is 0.424. The number of halogens is 2. The van der Waals surface area contributed by atoms with Crippen LogP contribution in [0.1, 0.15) is 105 Å². The number of nitrogens with one attached hydrogen (secondary N) is 7. The summed E-state index contributed by atoms with van der Waals surface area (Å²) in [5.41, 5.74) is 8.00. The van der Waals surface area contributed by atoms with Crippen LogP contribution in [-0.2, 0) is 52.6 Å². The number of primary amides is 1. The molecule has 18 atom stereocenters. The minimum absolute atomic E-state index is 0.0975. The van der Waals surface area contributed by atoms with E-state index >= 15 is 14.4 Å². The summed E-state index contributed by atoms with van der Waals surface area (Å²) in [6, 6.07) is -0.679. The van der Waals surface area contributed by atoms with Crippen molar-refractivity contribution in [2.45, 2.75) is 156 Å². The van der Waals surface area contributed by atoms with E-state index in [0.29, 0.717) is 0 Å². The van der Waals surface area contributed by atoms with Crippen LogP contribution in [0.3, 0.4) is 0 Å². The molecule has 8 unspecified atom stereocenters. The number of carbonyl (C=O) groups is 8. The Labute approximate surface area is 584 Å². The molecule has 33 nitrogen and oxygen atoms in total. The van der Waals surface area contributed by atoms with E-state index in [4.69, 9.17) is 63.1 Å². The Morgan fingerprint density at radius 2 is 1.32 bits per heavy atom. The largest absolute Gasteiger partial charge is 0.508 e. The molecular formula is C66H75Cl2N9O24. The number of nitrogens with two attached hydrogens (primary N) is 2. The number of amides is 7. The number of aromatic hydroxyl groups is 3. The summed E-state index contributed by atoms with van der Waals surface area (Å²) in [5.74, 6) is -16.0. The van der Waals surface area contributed by atoms with Crippen LogP contribution in [-0.4, -0.2) is 191 Å². The molecule has 21 N–H and O–H groups in total. The Kier molecular flexibility index (Phi) is 22.2. The molecule has 5 aromatic rings. The number of carboxylic acid groups (broad SMARTS) is 1. The van der Waals surface area contributed by atoms with Crippen LogP contribution in [0.2, 0.25) is 10.0 Å². The average Bonchev–Trinajstić information content (AvgIpc) is 0.775. The van der Waals surface area contributed by atoms with Crippen molar-refractivity contribution in [2.75, 3.05) is 13.7 Å². The number of rotatable bonds is 13. The predicted molar refractivity (Wildman–Crippen MR) is 349 cm³/mol. The number of phenols is 3. The van der Waals surface area contributed by atoms with E-state index < -0.39 is 237 Å². The molecule has 7 heterocycles. The summed E-state index contributed by atoms with van der Waals surface area (Å²) < 4.78 is 38.3. The quantitative estimate of drug-likeness (QED) is 0.0743. The van der Waals surface area contributed by atoms with Crippen molar-refractivity contribution < 1.29 is 118 Å². The Hall–Kier alpha value is -9.20. The van der Waals surface area contributed by atoms with Gasteiger partial charge in [-0.25, -0.2) is 4.79 Å². The molecule has 2 saturated heterocycles. The second kappa shape index (κ2) is 30.2. The lowest BCUT2D eigenvalue weighted by Gasteiger charge is -2.47. The van der Waals surface area contributed by atoms with Crippen LogP contribution in [0.15, 0.2) is 78.9 Å². The minimum atomic E-state index is -2.35. The molecule has 542 valence electrons. The highest BCUT2D eigenvalue weighted by Crippen LogP contribution is 2.50. The second-order valence-corrected chi connectivity index (χ2v) is 26.5. The number of ether oxygens (including phenoxy) is 6. The molecule has 35 heteroatoms. The first-order chi connectivity index (χ1) is 47.7. The zero-order valence-corrected chi connectivity index (χ0v) is 55.8. The first-order valence-electron chi connectivity index (χ1n) is 31.6. The Morgan fingerprint density at radius 3 is 1.90 bits per heavy atom. The van der Waals surface area contributed by atoms with Gasteiger partial charge in [0, 0.05) is 34.7 Å². The maximum atomic E-state index is 16.0. The topological polar surface area (TPSA) is 530 Å². The van der Waals surface area contributed by atoms with Crippen molar-refractivity contribution >= 4 is 70.5 Å². The van der Waals surface area contributed by atoms with Crippen LogP contribution >= 0.6 is 23.2 Å². The van der Waals surface area contributed by atoms with E-state index in [1.165, 1.54) is 33.0 Å². The number of benzene rings is 5. The molecule has 101 heavy (non-hydrogen) atoms. The van der Waals surface area contributed by atoms with Crippen LogP contribution < -0.4 is 62.9 Å². The Balaban J connectivity index is 1.24. The van der Waals surface area contributed by atoms with Gasteiger partial charge >= 0.3 is 5.97 Å². The number of hydrogen-bond acceptors (Lipinski definition) is 25. The number of aliphatic carboxylic acids is 1. The number of likely N-dealkylation sites (N-methyl/N-ethyl adjacent to an activating group) is 1. The normalized spacial score (nSPS) is 29.4. The highest BCUT2D eigenvalue weighted by atomic mass is 35.5. The maximum absolute atomic E-state index is 16.0. The molecule has 7 aliphatic rings. The van der Waals surface area contributed by atoms with Crippen LogP contribution in [0.4, 0.5) is 0 Å². The van der Waals surface area contributed by atoms with E-state index in [1.807, 2.05) is 13.8 Å². The van der Waals surface area contributed by atoms with E-state index in [2.05, 4.69) is 37.2 Å². The SMILES string of the molecule is CN[C@H](CC(C)C)C(=O)N[C@H]1C(=O)N[C@@H](CC(N)=O)C(=O)N[C@H]2C(=O)N[C@H]3C(=O)N[C@H](C(=O)N[C@H](C(=O)O)c4cc(O)cc(O)c4-c4cc3ccc4O)[C@H](O)c3ccc(c(Cl)c3)Oc3cc2cc(c3OC2OC(CO)[C@H](O)C(O)C2OC2CC(C)(N)C(O)C(C)O2)Oc2ccc(cc2Cl)[C@H]1O. The molecule has 0 radical (unpaired) electrons. The van der Waals surface area contributed by atoms with Gasteiger partial charge in [-0.1, -0.05) is 55.2 Å². The molecule has 2 fully saturated rings. The zero-order valence-electron chi connectivity index (χ0n) is 54.3. The smallest absolute Gasteiger partial charge is 0.330 e. The number of hydrogen-bond donors (Lipinski definition) is 19. The van der Waals surface area contributed by atoms with E-state index in [-0.39, 0.29) is 46.2 Å². The monoisotopic (exact) mass is 1450 g/mol.